The SMILES string of the molecule is CCC(=O)NC(=N)c1ccc(F)c(N2CCN(CCN=C3N=C(N)[NH2+]C(N=C(N)c4ncccc4C)=C3C=[NH2+])CC2)c1. The molecule has 3 heterocycles. The number of aromatic nitrogens is 1. The summed E-state index contributed by atoms with van der Waals surface area (Å²) in [6.07, 6.45) is 3.30. The number of quaternary nitrogens is 1. The number of carbonyl (C=O) groups is 1. The third-order valence-electron chi connectivity index (χ3n) is 6.91. The Bertz CT molecular complexity index is 1490. The molecule has 1 amide bonds. The van der Waals surface area contributed by atoms with Crippen molar-refractivity contribution in [1.82, 2.24) is 15.2 Å². The van der Waals surface area contributed by atoms with Gasteiger partial charge < -0.3 is 21.7 Å². The van der Waals surface area contributed by atoms with Crippen LogP contribution >= 0.6 is 0 Å². The van der Waals surface area contributed by atoms with Gasteiger partial charge in [-0.3, -0.25) is 30.5 Å². The molecular weight excluding hydrogens is 539 g/mol. The number of aryl methyl sites for hydroxylation is 1. The number of nitrogens with two attached hydrogens (primary N) is 4. The van der Waals surface area contributed by atoms with E-state index in [9.17, 15) is 9.18 Å². The number of anilines is 1. The lowest BCUT2D eigenvalue weighted by Crippen LogP contribution is -2.90. The van der Waals surface area contributed by atoms with E-state index < -0.39 is 0 Å². The highest BCUT2D eigenvalue weighted by atomic mass is 19.1. The first-order chi connectivity index (χ1) is 20.2. The number of halogens is 1. The van der Waals surface area contributed by atoms with Gasteiger partial charge in [-0.25, -0.2) is 9.71 Å². The number of nitrogens with zero attached hydrogens (tertiary/aromatic N) is 6. The molecule has 1 saturated heterocycles. The zero-order chi connectivity index (χ0) is 30.2. The van der Waals surface area contributed by atoms with E-state index >= 15 is 0 Å². The number of amides is 1. The Kier molecular flexibility index (Phi) is 9.83. The van der Waals surface area contributed by atoms with Gasteiger partial charge in [0.1, 0.15) is 17.3 Å². The summed E-state index contributed by atoms with van der Waals surface area (Å²) >= 11 is 0. The van der Waals surface area contributed by atoms with Crippen LogP contribution in [-0.2, 0) is 4.79 Å². The Morgan fingerprint density at radius 3 is 2.74 bits per heavy atom. The molecule has 10 N–H and O–H groups in total. The smallest absolute Gasteiger partial charge is 0.304 e. The average molecular weight is 577 g/mol. The first-order valence-corrected chi connectivity index (χ1v) is 13.6. The summed E-state index contributed by atoms with van der Waals surface area (Å²) in [5, 5.41) is 18.2. The minimum atomic E-state index is -0.368. The minimum absolute atomic E-state index is 0.0454. The lowest BCUT2D eigenvalue weighted by atomic mass is 10.1. The molecule has 4 rings (SSSR count). The fourth-order valence-electron chi connectivity index (χ4n) is 4.58. The first-order valence-electron chi connectivity index (χ1n) is 13.6. The predicted octanol–water partition coefficient (Wildman–Crippen LogP) is -1.76. The summed E-state index contributed by atoms with van der Waals surface area (Å²) in [5.41, 5.74) is 15.1. The number of rotatable bonds is 9. The van der Waals surface area contributed by atoms with E-state index in [4.69, 9.17) is 22.3 Å². The maximum atomic E-state index is 14.7. The average Bonchev–Trinajstić information content (AvgIpc) is 2.97. The Labute approximate surface area is 243 Å². The standard InChI is InChI=1S/C28H35FN12O/c1-3-22(42)36-24(31)18-6-7-20(29)21(15-18)41-13-11-40(12-14-41)10-9-35-26-19(16-30)27(39-28(33)38-26)37-25(32)23-17(2)5-4-8-34-23/h4-8,15-16,30H,3,9-14H2,1-2H3,(H2,31,36,42)(H5,32,33,35,37,38,39)/p+2. The van der Waals surface area contributed by atoms with E-state index in [0.717, 1.165) is 5.56 Å². The van der Waals surface area contributed by atoms with Crippen molar-refractivity contribution in [2.24, 2.45) is 26.4 Å². The minimum Gasteiger partial charge on any atom is -0.382 e. The van der Waals surface area contributed by atoms with Crippen molar-refractivity contribution in [3.63, 3.8) is 0 Å². The van der Waals surface area contributed by atoms with E-state index in [1.54, 1.807) is 24.5 Å². The van der Waals surface area contributed by atoms with Gasteiger partial charge in [0.15, 0.2) is 23.5 Å². The van der Waals surface area contributed by atoms with Crippen LogP contribution in [0.2, 0.25) is 0 Å². The number of amidine groups is 3. The molecule has 14 heteroatoms. The van der Waals surface area contributed by atoms with Gasteiger partial charge in [0.05, 0.1) is 12.2 Å². The molecule has 0 bridgehead atoms. The maximum Gasteiger partial charge on any atom is 0.304 e. The molecule has 2 aromatic rings. The lowest BCUT2D eigenvalue weighted by molar-refractivity contribution is -0.488. The summed E-state index contributed by atoms with van der Waals surface area (Å²) in [4.78, 5) is 33.7. The van der Waals surface area contributed by atoms with Crippen molar-refractivity contribution >= 4 is 41.3 Å². The van der Waals surface area contributed by atoms with Gasteiger partial charge in [-0.05, 0) is 36.8 Å². The molecule has 2 aliphatic heterocycles. The van der Waals surface area contributed by atoms with Gasteiger partial charge in [-0.15, -0.1) is 0 Å². The summed E-state index contributed by atoms with van der Waals surface area (Å²) in [6.45, 7) is 7.28. The number of aliphatic imine (C=N–C) groups is 3. The molecule has 2 aliphatic rings. The molecule has 1 aromatic carbocycles. The van der Waals surface area contributed by atoms with Crippen LogP contribution in [-0.4, -0.2) is 84.7 Å². The van der Waals surface area contributed by atoms with Gasteiger partial charge >= 0.3 is 5.96 Å². The lowest BCUT2D eigenvalue weighted by Gasteiger charge is -2.36. The summed E-state index contributed by atoms with van der Waals surface area (Å²) < 4.78 is 14.7. The number of carbonyl (C=O) groups excluding carboxylic acids is 1. The Morgan fingerprint density at radius 2 is 2.05 bits per heavy atom. The topological polar surface area (TPSA) is 204 Å². The molecular formula is C28H37FN12O+2. The van der Waals surface area contributed by atoms with E-state index in [2.05, 4.69) is 30.2 Å². The van der Waals surface area contributed by atoms with Crippen molar-refractivity contribution in [1.29, 1.82) is 5.41 Å². The van der Waals surface area contributed by atoms with Crippen molar-refractivity contribution in [3.8, 4) is 0 Å². The number of hydrogen-bond acceptors (Lipinski definition) is 8. The van der Waals surface area contributed by atoms with E-state index in [-0.39, 0.29) is 35.8 Å². The Balaban J connectivity index is 1.39. The third kappa shape index (κ3) is 7.27. The largest absolute Gasteiger partial charge is 0.382 e. The van der Waals surface area contributed by atoms with Crippen molar-refractivity contribution in [3.05, 3.63) is 70.6 Å². The highest BCUT2D eigenvalue weighted by Gasteiger charge is 2.26. The van der Waals surface area contributed by atoms with Gasteiger partial charge in [0.2, 0.25) is 5.91 Å². The van der Waals surface area contributed by atoms with Crippen LogP contribution < -0.4 is 32.4 Å². The summed E-state index contributed by atoms with van der Waals surface area (Å²) in [5.74, 6) is 0.619. The highest BCUT2D eigenvalue weighted by Crippen LogP contribution is 2.22. The molecule has 220 valence electrons. The number of guanidine groups is 1. The predicted molar refractivity (Wildman–Crippen MR) is 161 cm³/mol. The fraction of sp³-hybridized carbons (Fsp3) is 0.321. The second-order valence-corrected chi connectivity index (χ2v) is 9.79. The maximum absolute atomic E-state index is 14.7. The zero-order valence-electron chi connectivity index (χ0n) is 23.8. The van der Waals surface area contributed by atoms with Crippen molar-refractivity contribution < 1.29 is 19.9 Å². The van der Waals surface area contributed by atoms with Crippen LogP contribution in [0.15, 0.2) is 62.9 Å². The zero-order valence-corrected chi connectivity index (χ0v) is 23.8. The molecule has 0 spiro atoms. The monoisotopic (exact) mass is 576 g/mol. The third-order valence-corrected chi connectivity index (χ3v) is 6.91. The van der Waals surface area contributed by atoms with Gasteiger partial charge in [-0.2, -0.15) is 9.98 Å². The molecule has 0 saturated carbocycles. The van der Waals surface area contributed by atoms with Crippen LogP contribution in [0.25, 0.3) is 0 Å². The number of benzene rings is 1. The second kappa shape index (κ2) is 13.7. The molecule has 13 nitrogen and oxygen atoms in total. The molecule has 1 aromatic heterocycles. The Morgan fingerprint density at radius 1 is 1.29 bits per heavy atom. The number of nitrogens with one attached hydrogen (secondary N) is 2. The molecule has 0 unspecified atom stereocenters. The van der Waals surface area contributed by atoms with Crippen molar-refractivity contribution in [2.75, 3.05) is 44.2 Å². The first kappa shape index (κ1) is 30.1. The normalized spacial score (nSPS) is 17.3. The van der Waals surface area contributed by atoms with Gasteiger partial charge in [0.25, 0.3) is 5.82 Å². The molecule has 0 radical (unpaired) electrons. The van der Waals surface area contributed by atoms with E-state index in [1.165, 1.54) is 18.3 Å². The Hall–Kier alpha value is -4.82. The summed E-state index contributed by atoms with van der Waals surface area (Å²) in [6, 6.07) is 8.16. The molecule has 1 fully saturated rings. The quantitative estimate of drug-likeness (QED) is 0.151. The van der Waals surface area contributed by atoms with E-state index in [0.29, 0.717) is 73.4 Å². The number of pyridine rings is 1. The molecule has 42 heavy (non-hydrogen) atoms. The van der Waals surface area contributed by atoms with Crippen molar-refractivity contribution in [2.45, 2.75) is 20.3 Å². The van der Waals surface area contributed by atoms with Crippen LogP contribution in [0.3, 0.4) is 0 Å². The van der Waals surface area contributed by atoms with Crippen LogP contribution in [0.4, 0.5) is 10.1 Å². The van der Waals surface area contributed by atoms with Gasteiger partial charge in [0, 0.05) is 50.9 Å². The van der Waals surface area contributed by atoms with Crippen LogP contribution in [0, 0.1) is 18.2 Å². The molecule has 0 aliphatic carbocycles. The number of piperazine rings is 1. The fourth-order valence-corrected chi connectivity index (χ4v) is 4.58. The van der Waals surface area contributed by atoms with Gasteiger partial charge in [-0.1, -0.05) is 13.0 Å². The van der Waals surface area contributed by atoms with Crippen LogP contribution in [0.1, 0.15) is 30.2 Å². The van der Waals surface area contributed by atoms with E-state index in [1.807, 2.05) is 24.0 Å². The van der Waals surface area contributed by atoms with Crippen LogP contribution in [0.5, 0.6) is 0 Å². The second-order valence-electron chi connectivity index (χ2n) is 9.79. The molecule has 0 atom stereocenters. The highest BCUT2D eigenvalue weighted by molar-refractivity contribution is 6.18. The summed E-state index contributed by atoms with van der Waals surface area (Å²) in [7, 11) is 0. The number of hydrogen-bond donors (Lipinski definition) is 6.